The van der Waals surface area contributed by atoms with E-state index < -0.39 is 70.6 Å². The number of carbonyl (C=O) groups is 3. The fraction of sp³-hybridized carbons (Fsp3) is 0.443. The Bertz CT molecular complexity index is 3360. The third-order valence-electron chi connectivity index (χ3n) is 16.0. The normalized spacial score (nSPS) is 20.9. The van der Waals surface area contributed by atoms with Gasteiger partial charge in [-0.05, 0) is 97.8 Å². The molecule has 4 aliphatic heterocycles. The van der Waals surface area contributed by atoms with Gasteiger partial charge in [-0.15, -0.1) is 6.42 Å². The molecule has 2 unspecified atom stereocenters. The quantitative estimate of drug-likeness (QED) is 0.0320. The highest BCUT2D eigenvalue weighted by molar-refractivity contribution is 6.03. The molecule has 5 N–H and O–H groups in total. The molecule has 2 aromatic heterocycles. The first-order chi connectivity index (χ1) is 38.8. The number of nitrogens with one attached hydrogen (secondary N) is 3. The second-order valence-corrected chi connectivity index (χ2v) is 22.8. The summed E-state index contributed by atoms with van der Waals surface area (Å²) in [6, 6.07) is 13.4. The molecule has 0 radical (unpaired) electrons. The number of hydrogen-bond acceptors (Lipinski definition) is 13. The predicted molar refractivity (Wildman–Crippen MR) is 298 cm³/mol. The molecular weight excluding hydrogens is 1050 g/mol. The van der Waals surface area contributed by atoms with Gasteiger partial charge in [0, 0.05) is 80.9 Å². The maximum Gasteiger partial charge on any atom is 0.319 e. The monoisotopic (exact) mass is 1110 g/mol. The Hall–Kier alpha value is -7.44. The number of nitrogens with zero attached hydrogens (tertiary/aromatic N) is 6. The lowest BCUT2D eigenvalue weighted by molar-refractivity contribution is -0.144. The minimum Gasteiger partial charge on any atom is -0.508 e. The molecule has 6 heterocycles. The summed E-state index contributed by atoms with van der Waals surface area (Å²) in [6.45, 7) is 10.5. The van der Waals surface area contributed by atoms with E-state index in [1.807, 2.05) is 20.8 Å². The van der Waals surface area contributed by atoms with E-state index in [4.69, 9.17) is 20.9 Å². The maximum atomic E-state index is 17.1. The van der Waals surface area contributed by atoms with E-state index in [0.29, 0.717) is 60.4 Å². The molecule has 20 heteroatoms. The van der Waals surface area contributed by atoms with Crippen LogP contribution in [0.5, 0.6) is 11.8 Å². The highest BCUT2D eigenvalue weighted by Gasteiger charge is 2.45. The number of aromatic hydroxyl groups is 1. The van der Waals surface area contributed by atoms with Crippen molar-refractivity contribution < 1.29 is 51.6 Å². The van der Waals surface area contributed by atoms with Gasteiger partial charge in [0.1, 0.15) is 58.9 Å². The van der Waals surface area contributed by atoms with Crippen LogP contribution in [0.1, 0.15) is 89.8 Å². The van der Waals surface area contributed by atoms with Gasteiger partial charge in [-0.2, -0.15) is 9.97 Å². The number of amides is 3. The van der Waals surface area contributed by atoms with Crippen LogP contribution in [-0.2, 0) is 19.1 Å². The van der Waals surface area contributed by atoms with Gasteiger partial charge in [-0.3, -0.25) is 24.3 Å². The first kappa shape index (κ1) is 56.8. The van der Waals surface area contributed by atoms with Crippen molar-refractivity contribution in [2.45, 2.75) is 115 Å². The van der Waals surface area contributed by atoms with Crippen LogP contribution in [0, 0.1) is 41.0 Å². The zero-order chi connectivity index (χ0) is 57.3. The molecule has 6 aromatic rings. The molecular formula is C61H67F4N9O7. The van der Waals surface area contributed by atoms with Crippen LogP contribution in [0.15, 0.2) is 72.9 Å². The van der Waals surface area contributed by atoms with Crippen molar-refractivity contribution in [2.75, 3.05) is 57.4 Å². The largest absolute Gasteiger partial charge is 0.508 e. The van der Waals surface area contributed by atoms with Gasteiger partial charge in [0.05, 0.1) is 35.3 Å². The summed E-state index contributed by atoms with van der Waals surface area (Å²) in [5, 5.41) is 31.9. The SMILES string of the molecule is C#Cc1c(F)ccc2cc(O)cc(-c3ncc4c(N5CC6CCC(C5)N6)nc(OC[C@@H]5CCCN5CCCOCCC(=O)N[C@H](C(=O)N5C[C@H](O)C[C@H]5C(=O)N[C@@H](C)c5ccc(-c6c(F)cccc6F)cc5)C(C)(C)C)nc4c3F)c12. The summed E-state index contributed by atoms with van der Waals surface area (Å²) >= 11 is 0. The minimum atomic E-state index is -1.03. The molecule has 2 bridgehead atoms. The molecule has 4 saturated heterocycles. The number of halogens is 4. The van der Waals surface area contributed by atoms with E-state index in [0.717, 1.165) is 32.2 Å². The Morgan fingerprint density at radius 3 is 2.38 bits per heavy atom. The number of carbonyl (C=O) groups excluding carboxylic acids is 3. The lowest BCUT2D eigenvalue weighted by Gasteiger charge is -2.35. The second-order valence-electron chi connectivity index (χ2n) is 22.8. The molecule has 16 nitrogen and oxygen atoms in total. The van der Waals surface area contributed by atoms with Crippen LogP contribution in [-0.4, -0.2) is 142 Å². The number of piperazine rings is 1. The third-order valence-corrected chi connectivity index (χ3v) is 16.0. The molecule has 4 aliphatic rings. The number of terminal acetylenes is 1. The van der Waals surface area contributed by atoms with E-state index >= 15 is 8.78 Å². The number of β-amino-alcohol motifs (C(OH)–C–C–N with tert-alkyl or cyclic N) is 1. The lowest BCUT2D eigenvalue weighted by Crippen LogP contribution is -2.58. The maximum absolute atomic E-state index is 17.1. The van der Waals surface area contributed by atoms with Gasteiger partial charge < -0.3 is 45.4 Å². The number of aromatic nitrogens is 3. The number of anilines is 1. The molecule has 7 atom stereocenters. The number of hydrogen-bond donors (Lipinski definition) is 5. The average molecular weight is 1110 g/mol. The minimum absolute atomic E-state index is 0.000263. The van der Waals surface area contributed by atoms with Gasteiger partial charge in [0.2, 0.25) is 17.7 Å². The summed E-state index contributed by atoms with van der Waals surface area (Å²) in [5.41, 5.74) is -0.0849. The van der Waals surface area contributed by atoms with Crippen LogP contribution in [0.2, 0.25) is 0 Å². The topological polar surface area (TPSA) is 195 Å². The van der Waals surface area contributed by atoms with Crippen LogP contribution < -0.4 is 25.6 Å². The van der Waals surface area contributed by atoms with Crippen molar-refractivity contribution in [3.8, 4) is 46.5 Å². The van der Waals surface area contributed by atoms with Crippen molar-refractivity contribution in [2.24, 2.45) is 5.41 Å². The van der Waals surface area contributed by atoms with Crippen LogP contribution >= 0.6 is 0 Å². The number of aliphatic hydroxyl groups is 1. The fourth-order valence-electron chi connectivity index (χ4n) is 11.9. The first-order valence-electron chi connectivity index (χ1n) is 27.7. The van der Waals surface area contributed by atoms with Gasteiger partial charge in [0.25, 0.3) is 0 Å². The Morgan fingerprint density at radius 1 is 0.926 bits per heavy atom. The predicted octanol–water partition coefficient (Wildman–Crippen LogP) is 7.71. The standard InChI is InChI=1S/C61H67F4N9O7/c1-6-43-46(62)20-17-37-26-41(75)27-44(51(37)43)54-53(65)55-45(29-66-54)57(73-30-38-18-19-39(31-73)68-38)71-60(70-55)81-33-40-10-8-22-72(40)23-9-24-80-25-21-50(77)69-56(61(3,4)5)59(79)74-32-42(76)28-49(74)58(78)67-34(2)35-13-15-36(16-14-35)52-47(63)11-7-12-48(52)64/h1,7,11-17,20,26-27,29,34,38-40,42,49,56,68,75-76H,8-10,18-19,21-25,28,30-33H2,2-5H3,(H,67,78)(H,69,77)/t34-,38?,39?,40-,42+,49-,56+/m0/s1. The van der Waals surface area contributed by atoms with Crippen LogP contribution in [0.25, 0.3) is 44.1 Å². The van der Waals surface area contributed by atoms with Gasteiger partial charge in [-0.1, -0.05) is 63.1 Å². The van der Waals surface area contributed by atoms with Gasteiger partial charge in [0.15, 0.2) is 5.82 Å². The molecule has 10 rings (SSSR count). The number of pyridine rings is 1. The summed E-state index contributed by atoms with van der Waals surface area (Å²) in [4.78, 5) is 61.2. The van der Waals surface area contributed by atoms with Crippen LogP contribution in [0.4, 0.5) is 23.4 Å². The van der Waals surface area contributed by atoms with Crippen molar-refractivity contribution >= 4 is 45.2 Å². The molecule has 0 aliphatic carbocycles. The van der Waals surface area contributed by atoms with E-state index in [-0.39, 0.29) is 95.8 Å². The number of rotatable bonds is 18. The van der Waals surface area contributed by atoms with E-state index in [1.54, 1.807) is 31.2 Å². The Morgan fingerprint density at radius 2 is 1.67 bits per heavy atom. The summed E-state index contributed by atoms with van der Waals surface area (Å²) in [6.07, 6.45) is 10.7. The number of fused-ring (bicyclic) bond motifs is 4. The average Bonchev–Trinajstić information content (AvgIpc) is 4.13. The summed E-state index contributed by atoms with van der Waals surface area (Å²) in [7, 11) is 0. The van der Waals surface area contributed by atoms with Crippen LogP contribution in [0.3, 0.4) is 0 Å². The highest BCUT2D eigenvalue weighted by atomic mass is 19.1. The van der Waals surface area contributed by atoms with E-state index in [2.05, 4.69) is 41.6 Å². The number of benzene rings is 4. The van der Waals surface area contributed by atoms with Crippen molar-refractivity contribution in [3.63, 3.8) is 0 Å². The fourth-order valence-corrected chi connectivity index (χ4v) is 11.9. The molecule has 426 valence electrons. The number of likely N-dealkylation sites (tertiary alicyclic amines) is 2. The van der Waals surface area contributed by atoms with Gasteiger partial charge in [-0.25, -0.2) is 17.6 Å². The molecule has 3 amide bonds. The Kier molecular flexibility index (Phi) is 16.8. The molecule has 81 heavy (non-hydrogen) atoms. The summed E-state index contributed by atoms with van der Waals surface area (Å²) < 4.78 is 73.3. The molecule has 0 saturated carbocycles. The first-order valence-corrected chi connectivity index (χ1v) is 27.7. The number of phenolic OH excluding ortho intramolecular Hbond substituents is 1. The lowest BCUT2D eigenvalue weighted by atomic mass is 9.85. The highest BCUT2D eigenvalue weighted by Crippen LogP contribution is 2.40. The number of phenols is 1. The zero-order valence-electron chi connectivity index (χ0n) is 45.8. The van der Waals surface area contributed by atoms with E-state index in [1.165, 1.54) is 53.6 Å². The summed E-state index contributed by atoms with van der Waals surface area (Å²) in [5.74, 6) is -1.55. The Labute approximate surface area is 467 Å². The Balaban J connectivity index is 0.732. The van der Waals surface area contributed by atoms with E-state index in [9.17, 15) is 33.4 Å². The third kappa shape index (κ3) is 12.3. The molecule has 4 fully saturated rings. The second kappa shape index (κ2) is 23.9. The van der Waals surface area contributed by atoms with Gasteiger partial charge >= 0.3 is 6.01 Å². The number of aliphatic hydroxyl groups excluding tert-OH is 1. The van der Waals surface area contributed by atoms with Crippen molar-refractivity contribution in [1.29, 1.82) is 0 Å². The van der Waals surface area contributed by atoms with Crippen molar-refractivity contribution in [3.05, 3.63) is 107 Å². The number of ether oxygens (including phenoxy) is 2. The van der Waals surface area contributed by atoms with Crippen molar-refractivity contribution in [1.82, 2.24) is 40.7 Å². The molecule has 0 spiro atoms. The zero-order valence-corrected chi connectivity index (χ0v) is 45.8. The molecule has 4 aromatic carbocycles. The smallest absolute Gasteiger partial charge is 0.319 e.